The minimum atomic E-state index is -1.07. The molecule has 132 valence electrons. The van der Waals surface area contributed by atoms with Gasteiger partial charge >= 0.3 is 6.09 Å². The van der Waals surface area contributed by atoms with Crippen LogP contribution >= 0.6 is 11.6 Å². The van der Waals surface area contributed by atoms with E-state index in [1.807, 2.05) is 50.2 Å². The maximum Gasteiger partial charge on any atom is 0.405 e. The first-order chi connectivity index (χ1) is 11.8. The van der Waals surface area contributed by atoms with E-state index in [2.05, 4.69) is 5.32 Å². The Bertz CT molecular complexity index is 819. The van der Waals surface area contributed by atoms with E-state index in [1.165, 1.54) is 0 Å². The van der Waals surface area contributed by atoms with Crippen LogP contribution in [-0.2, 0) is 0 Å². The number of amides is 1. The summed E-state index contributed by atoms with van der Waals surface area (Å²) in [6.07, 6.45) is -1.07. The average molecular weight is 362 g/mol. The van der Waals surface area contributed by atoms with Crippen molar-refractivity contribution in [1.82, 2.24) is 5.32 Å². The van der Waals surface area contributed by atoms with Gasteiger partial charge in [-0.05, 0) is 29.8 Å². The highest BCUT2D eigenvalue weighted by atomic mass is 35.5. The van der Waals surface area contributed by atoms with Crippen molar-refractivity contribution in [3.05, 3.63) is 47.0 Å². The molecule has 2 aromatic carbocycles. The highest BCUT2D eigenvalue weighted by Crippen LogP contribution is 2.47. The second-order valence-electron chi connectivity index (χ2n) is 6.76. The van der Waals surface area contributed by atoms with Crippen molar-refractivity contribution >= 4 is 17.7 Å². The van der Waals surface area contributed by atoms with Gasteiger partial charge in [0.2, 0.25) is 0 Å². The number of methoxy groups -OCH3 is 1. The summed E-state index contributed by atoms with van der Waals surface area (Å²) in [6, 6.07) is 10.8. The van der Waals surface area contributed by atoms with Crippen LogP contribution in [0.4, 0.5) is 4.79 Å². The van der Waals surface area contributed by atoms with Crippen LogP contribution in [0.15, 0.2) is 36.4 Å². The number of hydrogen-bond acceptors (Lipinski definition) is 3. The molecule has 25 heavy (non-hydrogen) atoms. The third kappa shape index (κ3) is 3.37. The molecule has 6 heteroatoms. The van der Waals surface area contributed by atoms with E-state index < -0.39 is 12.1 Å². The lowest BCUT2D eigenvalue weighted by Crippen LogP contribution is -2.43. The first-order valence-corrected chi connectivity index (χ1v) is 8.30. The fourth-order valence-corrected chi connectivity index (χ4v) is 3.33. The molecule has 2 aromatic rings. The minimum Gasteiger partial charge on any atom is -0.496 e. The Hall–Kier alpha value is -2.40. The van der Waals surface area contributed by atoms with Gasteiger partial charge in [0.25, 0.3) is 0 Å². The van der Waals surface area contributed by atoms with Crippen molar-refractivity contribution in [2.24, 2.45) is 5.41 Å². The summed E-state index contributed by atoms with van der Waals surface area (Å²) in [5.74, 6) is 1.29. The number of hydrogen-bond donors (Lipinski definition) is 2. The Labute approximate surface area is 151 Å². The third-order valence-electron chi connectivity index (χ3n) is 4.43. The highest BCUT2D eigenvalue weighted by molar-refractivity contribution is 6.30. The molecule has 3 rings (SSSR count). The van der Waals surface area contributed by atoms with Crippen LogP contribution in [0.25, 0.3) is 11.1 Å². The van der Waals surface area contributed by atoms with Crippen molar-refractivity contribution in [3.63, 3.8) is 0 Å². The molecular weight excluding hydrogens is 342 g/mol. The number of rotatable bonds is 3. The number of carbonyl (C=O) groups is 1. The van der Waals surface area contributed by atoms with Crippen LogP contribution in [0, 0.1) is 5.41 Å². The van der Waals surface area contributed by atoms with Crippen molar-refractivity contribution in [2.45, 2.75) is 19.9 Å². The largest absolute Gasteiger partial charge is 0.496 e. The summed E-state index contributed by atoms with van der Waals surface area (Å²) in [4.78, 5) is 11.2. The van der Waals surface area contributed by atoms with Gasteiger partial charge in [0.05, 0.1) is 19.8 Å². The minimum absolute atomic E-state index is 0.381. The van der Waals surface area contributed by atoms with E-state index in [-0.39, 0.29) is 5.41 Å². The van der Waals surface area contributed by atoms with Gasteiger partial charge in [0, 0.05) is 21.6 Å². The zero-order chi connectivity index (χ0) is 18.2. The van der Waals surface area contributed by atoms with Gasteiger partial charge in [-0.25, -0.2) is 4.79 Å². The summed E-state index contributed by atoms with van der Waals surface area (Å²) in [5.41, 5.74) is 2.13. The molecule has 0 aromatic heterocycles. The van der Waals surface area contributed by atoms with Gasteiger partial charge in [-0.1, -0.05) is 37.6 Å². The fraction of sp³-hybridized carbons (Fsp3) is 0.316. The number of halogens is 1. The summed E-state index contributed by atoms with van der Waals surface area (Å²) < 4.78 is 11.5. The van der Waals surface area contributed by atoms with Crippen LogP contribution in [-0.4, -0.2) is 24.9 Å². The standard InChI is InChI=1S/C19H20ClNO4/c1-19(2)10-25-16-8-13(11-5-4-6-12(20)7-11)15(24-3)9-14(16)17(19)21-18(22)23/h4-9,17,21H,10H2,1-3H3,(H,22,23). The van der Waals surface area contributed by atoms with Gasteiger partial charge in [0.1, 0.15) is 11.5 Å². The van der Waals surface area contributed by atoms with E-state index in [0.717, 1.165) is 16.7 Å². The maximum atomic E-state index is 11.2. The lowest BCUT2D eigenvalue weighted by molar-refractivity contribution is 0.0993. The van der Waals surface area contributed by atoms with Crippen molar-refractivity contribution in [3.8, 4) is 22.6 Å². The molecule has 2 N–H and O–H groups in total. The molecule has 1 amide bonds. The van der Waals surface area contributed by atoms with E-state index in [4.69, 9.17) is 21.1 Å². The lowest BCUT2D eigenvalue weighted by atomic mass is 9.78. The third-order valence-corrected chi connectivity index (χ3v) is 4.66. The summed E-state index contributed by atoms with van der Waals surface area (Å²) >= 11 is 6.10. The van der Waals surface area contributed by atoms with Gasteiger partial charge in [0.15, 0.2) is 0 Å². The maximum absolute atomic E-state index is 11.2. The summed E-state index contributed by atoms with van der Waals surface area (Å²) in [5, 5.41) is 12.5. The van der Waals surface area contributed by atoms with Crippen LogP contribution in [0.1, 0.15) is 25.5 Å². The SMILES string of the molecule is COc1cc2c(cc1-c1cccc(Cl)c1)OCC(C)(C)C2NC(=O)O. The van der Waals surface area contributed by atoms with E-state index >= 15 is 0 Å². The molecule has 0 spiro atoms. The molecule has 0 radical (unpaired) electrons. The van der Waals surface area contributed by atoms with E-state index in [9.17, 15) is 9.90 Å². The Morgan fingerprint density at radius 2 is 2.12 bits per heavy atom. The van der Waals surface area contributed by atoms with Gasteiger partial charge < -0.3 is 19.9 Å². The predicted molar refractivity (Wildman–Crippen MR) is 96.6 cm³/mol. The number of ether oxygens (including phenoxy) is 2. The molecule has 5 nitrogen and oxygen atoms in total. The van der Waals surface area contributed by atoms with Crippen molar-refractivity contribution in [1.29, 1.82) is 0 Å². The van der Waals surface area contributed by atoms with Gasteiger partial charge in [-0.3, -0.25) is 0 Å². The number of nitrogens with one attached hydrogen (secondary N) is 1. The number of fused-ring (bicyclic) bond motifs is 1. The Morgan fingerprint density at radius 1 is 1.36 bits per heavy atom. The quantitative estimate of drug-likeness (QED) is 0.828. The second-order valence-corrected chi connectivity index (χ2v) is 7.20. The summed E-state index contributed by atoms with van der Waals surface area (Å²) in [6.45, 7) is 4.34. The van der Waals surface area contributed by atoms with Crippen molar-refractivity contribution in [2.75, 3.05) is 13.7 Å². The molecule has 0 saturated heterocycles. The van der Waals surface area contributed by atoms with Crippen molar-refractivity contribution < 1.29 is 19.4 Å². The molecule has 1 atom stereocenters. The zero-order valence-corrected chi connectivity index (χ0v) is 15.1. The van der Waals surface area contributed by atoms with E-state index in [0.29, 0.717) is 23.1 Å². The summed E-state index contributed by atoms with van der Waals surface area (Å²) in [7, 11) is 1.59. The monoisotopic (exact) mass is 361 g/mol. The van der Waals surface area contributed by atoms with Crippen LogP contribution in [0.2, 0.25) is 5.02 Å². The first kappa shape index (κ1) is 17.4. The van der Waals surface area contributed by atoms with E-state index in [1.54, 1.807) is 7.11 Å². The van der Waals surface area contributed by atoms with Crippen LogP contribution in [0.5, 0.6) is 11.5 Å². The van der Waals surface area contributed by atoms with Crippen LogP contribution < -0.4 is 14.8 Å². The lowest BCUT2D eigenvalue weighted by Gasteiger charge is -2.39. The highest BCUT2D eigenvalue weighted by Gasteiger charge is 2.39. The van der Waals surface area contributed by atoms with Crippen LogP contribution in [0.3, 0.4) is 0 Å². The zero-order valence-electron chi connectivity index (χ0n) is 14.3. The first-order valence-electron chi connectivity index (χ1n) is 7.92. The Kier molecular flexibility index (Phi) is 4.52. The molecule has 0 saturated carbocycles. The number of carboxylic acid groups (broad SMARTS) is 1. The molecule has 1 aliphatic heterocycles. The molecule has 0 aliphatic carbocycles. The normalized spacial score (nSPS) is 18.0. The molecular formula is C19H20ClNO4. The Balaban J connectivity index is 2.14. The molecule has 1 heterocycles. The van der Waals surface area contributed by atoms with Gasteiger partial charge in [-0.15, -0.1) is 0 Å². The molecule has 0 fully saturated rings. The fourth-order valence-electron chi connectivity index (χ4n) is 3.14. The number of benzene rings is 2. The predicted octanol–water partition coefficient (Wildman–Crippen LogP) is 4.74. The molecule has 1 unspecified atom stereocenters. The average Bonchev–Trinajstić information content (AvgIpc) is 2.56. The molecule has 1 aliphatic rings. The van der Waals surface area contributed by atoms with Gasteiger partial charge in [-0.2, -0.15) is 0 Å². The molecule has 0 bridgehead atoms. The topological polar surface area (TPSA) is 67.8 Å². The Morgan fingerprint density at radius 3 is 2.76 bits per heavy atom. The smallest absolute Gasteiger partial charge is 0.405 e. The second kappa shape index (κ2) is 6.48.